The van der Waals surface area contributed by atoms with E-state index in [1.807, 2.05) is 0 Å². The van der Waals surface area contributed by atoms with Crippen molar-refractivity contribution in [2.24, 2.45) is 0 Å². The summed E-state index contributed by atoms with van der Waals surface area (Å²) in [5, 5.41) is 0. The summed E-state index contributed by atoms with van der Waals surface area (Å²) in [6, 6.07) is 2.86. The number of carbonyl (C=O) groups excluding carboxylic acids is 2. The van der Waals surface area contributed by atoms with Gasteiger partial charge in [-0.3, -0.25) is 9.59 Å². The zero-order valence-electron chi connectivity index (χ0n) is 11.9. The van der Waals surface area contributed by atoms with E-state index in [9.17, 15) is 22.8 Å². The summed E-state index contributed by atoms with van der Waals surface area (Å²) >= 11 is 2.95. The number of halogens is 4. The van der Waals surface area contributed by atoms with Crippen LogP contribution in [0, 0.1) is 0 Å². The minimum Gasteiger partial charge on any atom is -0.465 e. The van der Waals surface area contributed by atoms with E-state index in [2.05, 4.69) is 15.9 Å². The SMILES string of the molecule is CCOC(=O)C(C(=O)OCC)c1cc(Br)cc(C(F)(F)F)c1. The van der Waals surface area contributed by atoms with Gasteiger partial charge in [0.2, 0.25) is 0 Å². The first kappa shape index (κ1) is 18.5. The fourth-order valence-electron chi connectivity index (χ4n) is 1.76. The van der Waals surface area contributed by atoms with E-state index in [1.165, 1.54) is 19.9 Å². The van der Waals surface area contributed by atoms with Crippen molar-refractivity contribution < 1.29 is 32.2 Å². The van der Waals surface area contributed by atoms with Gasteiger partial charge in [0.15, 0.2) is 5.92 Å². The molecular weight excluding hydrogens is 369 g/mol. The first-order valence-electron chi connectivity index (χ1n) is 6.41. The standard InChI is InChI=1S/C14H14BrF3O4/c1-3-21-12(19)11(13(20)22-4-2)8-5-9(14(16,17)18)7-10(15)6-8/h5-7,11H,3-4H2,1-2H3. The molecule has 0 bridgehead atoms. The van der Waals surface area contributed by atoms with Gasteiger partial charge in [0.25, 0.3) is 0 Å². The zero-order chi connectivity index (χ0) is 16.9. The van der Waals surface area contributed by atoms with Crippen molar-refractivity contribution in [1.82, 2.24) is 0 Å². The average molecular weight is 383 g/mol. The van der Waals surface area contributed by atoms with Crippen molar-refractivity contribution in [1.29, 1.82) is 0 Å². The molecule has 1 rings (SSSR count). The summed E-state index contributed by atoms with van der Waals surface area (Å²) in [5.74, 6) is -3.46. The summed E-state index contributed by atoms with van der Waals surface area (Å²) in [6.45, 7) is 3.05. The molecule has 0 saturated carbocycles. The van der Waals surface area contributed by atoms with Crippen LogP contribution in [0.1, 0.15) is 30.9 Å². The lowest BCUT2D eigenvalue weighted by atomic mass is 9.97. The van der Waals surface area contributed by atoms with E-state index < -0.39 is 29.6 Å². The number of rotatable bonds is 5. The zero-order valence-corrected chi connectivity index (χ0v) is 13.5. The number of esters is 2. The smallest absolute Gasteiger partial charge is 0.416 e. The summed E-state index contributed by atoms with van der Waals surface area (Å²) in [4.78, 5) is 23.8. The molecule has 0 amide bonds. The van der Waals surface area contributed by atoms with Gasteiger partial charge in [0, 0.05) is 4.47 Å². The minimum atomic E-state index is -4.60. The molecule has 0 N–H and O–H groups in total. The Morgan fingerprint density at radius 1 is 1.09 bits per heavy atom. The predicted octanol–water partition coefficient (Wildman–Crippen LogP) is 3.68. The number of carbonyl (C=O) groups is 2. The number of ether oxygens (including phenoxy) is 2. The van der Waals surface area contributed by atoms with Crippen LogP contribution in [-0.2, 0) is 25.2 Å². The van der Waals surface area contributed by atoms with Crippen molar-refractivity contribution in [2.75, 3.05) is 13.2 Å². The number of hydrogen-bond donors (Lipinski definition) is 0. The maximum Gasteiger partial charge on any atom is 0.416 e. The van der Waals surface area contributed by atoms with E-state index in [-0.39, 0.29) is 23.2 Å². The Morgan fingerprint density at radius 3 is 2.00 bits per heavy atom. The molecule has 0 heterocycles. The fourth-order valence-corrected chi connectivity index (χ4v) is 2.27. The summed E-state index contributed by atoms with van der Waals surface area (Å²) < 4.78 is 48.2. The first-order chi connectivity index (χ1) is 10.2. The van der Waals surface area contributed by atoms with Gasteiger partial charge >= 0.3 is 18.1 Å². The monoisotopic (exact) mass is 382 g/mol. The fraction of sp³-hybridized carbons (Fsp3) is 0.429. The van der Waals surface area contributed by atoms with Gasteiger partial charge in [-0.25, -0.2) is 0 Å². The maximum atomic E-state index is 12.9. The third kappa shape index (κ3) is 4.72. The van der Waals surface area contributed by atoms with Gasteiger partial charge in [-0.2, -0.15) is 13.2 Å². The van der Waals surface area contributed by atoms with Crippen molar-refractivity contribution in [2.45, 2.75) is 25.9 Å². The van der Waals surface area contributed by atoms with Crippen LogP contribution in [0.2, 0.25) is 0 Å². The van der Waals surface area contributed by atoms with Crippen LogP contribution in [0.3, 0.4) is 0 Å². The molecule has 0 saturated heterocycles. The number of hydrogen-bond acceptors (Lipinski definition) is 4. The molecule has 22 heavy (non-hydrogen) atoms. The second-order valence-electron chi connectivity index (χ2n) is 4.21. The van der Waals surface area contributed by atoms with Crippen LogP contribution in [0.4, 0.5) is 13.2 Å². The van der Waals surface area contributed by atoms with Crippen molar-refractivity contribution in [3.8, 4) is 0 Å². The van der Waals surface area contributed by atoms with Crippen LogP contribution < -0.4 is 0 Å². The molecule has 0 radical (unpaired) electrons. The molecule has 1 aromatic carbocycles. The molecule has 0 unspecified atom stereocenters. The van der Waals surface area contributed by atoms with Crippen LogP contribution in [0.15, 0.2) is 22.7 Å². The molecular formula is C14H14BrF3O4. The number of alkyl halides is 3. The van der Waals surface area contributed by atoms with Gasteiger partial charge < -0.3 is 9.47 Å². The van der Waals surface area contributed by atoms with Crippen LogP contribution in [0.25, 0.3) is 0 Å². The lowest BCUT2D eigenvalue weighted by Gasteiger charge is -2.17. The highest BCUT2D eigenvalue weighted by atomic mass is 79.9. The molecule has 0 aliphatic rings. The molecule has 122 valence electrons. The third-order valence-electron chi connectivity index (χ3n) is 2.63. The van der Waals surface area contributed by atoms with Crippen LogP contribution in [0.5, 0.6) is 0 Å². The molecule has 0 aliphatic carbocycles. The van der Waals surface area contributed by atoms with E-state index in [0.29, 0.717) is 0 Å². The molecule has 1 aromatic rings. The Kier molecular flexibility index (Phi) is 6.40. The molecule has 4 nitrogen and oxygen atoms in total. The lowest BCUT2D eigenvalue weighted by Crippen LogP contribution is -2.26. The molecule has 8 heteroatoms. The first-order valence-corrected chi connectivity index (χ1v) is 7.21. The van der Waals surface area contributed by atoms with E-state index in [0.717, 1.165) is 12.1 Å². The molecule has 0 aromatic heterocycles. The van der Waals surface area contributed by atoms with Gasteiger partial charge in [-0.15, -0.1) is 0 Å². The third-order valence-corrected chi connectivity index (χ3v) is 3.08. The Hall–Kier alpha value is -1.57. The highest BCUT2D eigenvalue weighted by Crippen LogP contribution is 2.34. The minimum absolute atomic E-state index is 0.00509. The Labute approximate surface area is 133 Å². The maximum absolute atomic E-state index is 12.9. The Morgan fingerprint density at radius 2 is 1.59 bits per heavy atom. The highest BCUT2D eigenvalue weighted by molar-refractivity contribution is 9.10. The Balaban J connectivity index is 3.32. The molecule has 0 fully saturated rings. The highest BCUT2D eigenvalue weighted by Gasteiger charge is 2.36. The van der Waals surface area contributed by atoms with Crippen LogP contribution in [-0.4, -0.2) is 25.2 Å². The predicted molar refractivity (Wildman–Crippen MR) is 75.2 cm³/mol. The number of benzene rings is 1. The largest absolute Gasteiger partial charge is 0.465 e. The quantitative estimate of drug-likeness (QED) is 0.575. The van der Waals surface area contributed by atoms with E-state index in [1.54, 1.807) is 0 Å². The van der Waals surface area contributed by atoms with Crippen LogP contribution >= 0.6 is 15.9 Å². The van der Waals surface area contributed by atoms with E-state index in [4.69, 9.17) is 9.47 Å². The van der Waals surface area contributed by atoms with Gasteiger partial charge in [-0.1, -0.05) is 15.9 Å². The van der Waals surface area contributed by atoms with Crippen molar-refractivity contribution in [3.05, 3.63) is 33.8 Å². The summed E-state index contributed by atoms with van der Waals surface area (Å²) in [7, 11) is 0. The van der Waals surface area contributed by atoms with Gasteiger partial charge in [0.05, 0.1) is 18.8 Å². The Bertz CT molecular complexity index is 540. The van der Waals surface area contributed by atoms with Gasteiger partial charge in [-0.05, 0) is 37.6 Å². The molecule has 0 aliphatic heterocycles. The average Bonchev–Trinajstić information content (AvgIpc) is 2.37. The molecule has 0 spiro atoms. The second-order valence-corrected chi connectivity index (χ2v) is 5.12. The lowest BCUT2D eigenvalue weighted by molar-refractivity contribution is -0.157. The summed E-state index contributed by atoms with van der Waals surface area (Å²) in [6.07, 6.45) is -4.60. The molecule has 0 atom stereocenters. The van der Waals surface area contributed by atoms with E-state index >= 15 is 0 Å². The van der Waals surface area contributed by atoms with Crippen molar-refractivity contribution >= 4 is 27.9 Å². The normalized spacial score (nSPS) is 11.4. The second kappa shape index (κ2) is 7.62. The summed E-state index contributed by atoms with van der Waals surface area (Å²) in [5.41, 5.74) is -1.12. The van der Waals surface area contributed by atoms with Crippen molar-refractivity contribution in [3.63, 3.8) is 0 Å². The topological polar surface area (TPSA) is 52.6 Å². The van der Waals surface area contributed by atoms with Gasteiger partial charge in [0.1, 0.15) is 0 Å².